The third-order valence-corrected chi connectivity index (χ3v) is 5.07. The van der Waals surface area contributed by atoms with Gasteiger partial charge in [-0.3, -0.25) is 4.79 Å². The van der Waals surface area contributed by atoms with Crippen LogP contribution >= 0.6 is 11.8 Å². The van der Waals surface area contributed by atoms with E-state index in [-0.39, 0.29) is 37.9 Å². The number of pyridine rings is 1. The first-order valence-corrected chi connectivity index (χ1v) is 8.56. The number of hydrogen-bond donors (Lipinski definition) is 0. The third kappa shape index (κ3) is 3.69. The Kier molecular flexibility index (Phi) is 4.52. The number of thioether (sulfide) groups is 1. The van der Waals surface area contributed by atoms with Crippen molar-refractivity contribution in [1.82, 2.24) is 9.88 Å². The maximum Gasteiger partial charge on any atom is 0.254 e. The number of carbonyl (C=O) groups excluding carboxylic acids is 1. The van der Waals surface area contributed by atoms with E-state index >= 15 is 0 Å². The van der Waals surface area contributed by atoms with E-state index < -0.39 is 5.92 Å². The predicted octanol–water partition coefficient (Wildman–Crippen LogP) is 2.84. The fourth-order valence-corrected chi connectivity index (χ4v) is 3.70. The largest absolute Gasteiger partial charge is 0.473 e. The topological polar surface area (TPSA) is 42.4 Å². The highest BCUT2D eigenvalue weighted by molar-refractivity contribution is 7.99. The van der Waals surface area contributed by atoms with E-state index in [2.05, 4.69) is 4.98 Å². The summed E-state index contributed by atoms with van der Waals surface area (Å²) < 4.78 is 32.1. The molecule has 0 unspecified atom stereocenters. The minimum absolute atomic E-state index is 0.0869. The van der Waals surface area contributed by atoms with Crippen LogP contribution in [0.5, 0.6) is 5.88 Å². The number of nitrogens with zero attached hydrogens (tertiary/aromatic N) is 2. The summed E-state index contributed by atoms with van der Waals surface area (Å²) in [6.07, 6.45) is 2.10. The number of alkyl halides is 2. The van der Waals surface area contributed by atoms with Gasteiger partial charge in [0, 0.05) is 49.5 Å². The Balaban J connectivity index is 1.65. The summed E-state index contributed by atoms with van der Waals surface area (Å²) in [4.78, 5) is 18.0. The van der Waals surface area contributed by atoms with Crippen LogP contribution in [0, 0.1) is 0 Å². The van der Waals surface area contributed by atoms with Crippen LogP contribution in [0.2, 0.25) is 0 Å². The Hall–Kier alpha value is -1.37. The second kappa shape index (κ2) is 6.40. The number of hydrogen-bond acceptors (Lipinski definition) is 4. The highest BCUT2D eigenvalue weighted by Gasteiger charge is 2.35. The monoisotopic (exact) mass is 328 g/mol. The number of likely N-dealkylation sites (tertiary alicyclic amines) is 1. The van der Waals surface area contributed by atoms with Crippen LogP contribution in [0.25, 0.3) is 0 Å². The molecule has 0 aliphatic carbocycles. The number of aromatic nitrogens is 1. The van der Waals surface area contributed by atoms with Gasteiger partial charge in [0.25, 0.3) is 11.8 Å². The van der Waals surface area contributed by atoms with Crippen molar-refractivity contribution in [2.45, 2.75) is 31.3 Å². The van der Waals surface area contributed by atoms with Crippen LogP contribution in [0.1, 0.15) is 29.6 Å². The average Bonchev–Trinajstić information content (AvgIpc) is 3.00. The molecule has 3 rings (SSSR count). The fraction of sp³-hybridized carbons (Fsp3) is 0.600. The van der Waals surface area contributed by atoms with Crippen molar-refractivity contribution >= 4 is 17.7 Å². The molecule has 120 valence electrons. The van der Waals surface area contributed by atoms with Gasteiger partial charge >= 0.3 is 0 Å². The van der Waals surface area contributed by atoms with Crippen molar-refractivity contribution < 1.29 is 18.3 Å². The molecule has 0 spiro atoms. The lowest BCUT2D eigenvalue weighted by Crippen LogP contribution is -2.42. The van der Waals surface area contributed by atoms with Crippen LogP contribution in [0.3, 0.4) is 0 Å². The maximum atomic E-state index is 13.2. The van der Waals surface area contributed by atoms with Gasteiger partial charge in [0.1, 0.15) is 6.10 Å². The molecular formula is C15H18F2N2O2S. The van der Waals surface area contributed by atoms with Gasteiger partial charge in [-0.05, 0) is 18.2 Å². The first-order chi connectivity index (χ1) is 10.5. The van der Waals surface area contributed by atoms with E-state index in [1.165, 1.54) is 11.1 Å². The molecular weight excluding hydrogens is 310 g/mol. The molecule has 2 aliphatic heterocycles. The molecule has 0 bridgehead atoms. The van der Waals surface area contributed by atoms with E-state index in [0.29, 0.717) is 11.4 Å². The lowest BCUT2D eigenvalue weighted by atomic mass is 10.1. The molecule has 2 saturated heterocycles. The van der Waals surface area contributed by atoms with Crippen LogP contribution in [0.15, 0.2) is 18.3 Å². The molecule has 7 heteroatoms. The van der Waals surface area contributed by atoms with Crippen LogP contribution in [-0.2, 0) is 0 Å². The Morgan fingerprint density at radius 2 is 2.18 bits per heavy atom. The number of ether oxygens (including phenoxy) is 1. The molecule has 2 fully saturated rings. The number of amides is 1. The molecule has 2 aliphatic rings. The van der Waals surface area contributed by atoms with Gasteiger partial charge in [-0.15, -0.1) is 0 Å². The highest BCUT2D eigenvalue weighted by atomic mass is 32.2. The zero-order valence-electron chi connectivity index (χ0n) is 12.1. The van der Waals surface area contributed by atoms with Crippen molar-refractivity contribution in [2.75, 3.05) is 24.6 Å². The summed E-state index contributed by atoms with van der Waals surface area (Å²) >= 11 is 1.84. The number of rotatable bonds is 3. The normalized spacial score (nSPS) is 24.3. The summed E-state index contributed by atoms with van der Waals surface area (Å²) in [6, 6.07) is 3.21. The molecule has 3 heterocycles. The van der Waals surface area contributed by atoms with Crippen molar-refractivity contribution in [3.63, 3.8) is 0 Å². The van der Waals surface area contributed by atoms with Crippen molar-refractivity contribution in [3.8, 4) is 5.88 Å². The Labute approximate surface area is 132 Å². The lowest BCUT2D eigenvalue weighted by molar-refractivity contribution is -0.0494. The van der Waals surface area contributed by atoms with Gasteiger partial charge < -0.3 is 9.64 Å². The molecule has 22 heavy (non-hydrogen) atoms. The molecule has 4 nitrogen and oxygen atoms in total. The van der Waals surface area contributed by atoms with E-state index in [0.717, 1.165) is 17.9 Å². The molecule has 1 aromatic heterocycles. The smallest absolute Gasteiger partial charge is 0.254 e. The summed E-state index contributed by atoms with van der Waals surface area (Å²) in [5.74, 6) is -0.445. The second-order valence-corrected chi connectivity index (χ2v) is 6.78. The van der Waals surface area contributed by atoms with Crippen molar-refractivity contribution in [2.24, 2.45) is 0 Å². The molecule has 0 N–H and O–H groups in total. The Morgan fingerprint density at radius 3 is 2.86 bits per heavy atom. The van der Waals surface area contributed by atoms with Gasteiger partial charge in [-0.2, -0.15) is 11.8 Å². The minimum atomic E-state index is -2.65. The zero-order chi connectivity index (χ0) is 15.6. The van der Waals surface area contributed by atoms with E-state index in [1.807, 2.05) is 11.8 Å². The number of piperidine rings is 1. The maximum absolute atomic E-state index is 13.2. The number of halogens is 2. The summed E-state index contributed by atoms with van der Waals surface area (Å²) in [6.45, 7) is 0.174. The molecule has 0 radical (unpaired) electrons. The second-order valence-electron chi connectivity index (χ2n) is 5.63. The zero-order valence-corrected chi connectivity index (χ0v) is 13.0. The van der Waals surface area contributed by atoms with Gasteiger partial charge in [0.15, 0.2) is 0 Å². The minimum Gasteiger partial charge on any atom is -0.473 e. The molecule has 1 atom stereocenters. The molecule has 1 amide bonds. The molecule has 1 aromatic rings. The van der Waals surface area contributed by atoms with Crippen LogP contribution in [-0.4, -0.2) is 52.4 Å². The predicted molar refractivity (Wildman–Crippen MR) is 80.7 cm³/mol. The van der Waals surface area contributed by atoms with Gasteiger partial charge in [-0.1, -0.05) is 0 Å². The van der Waals surface area contributed by atoms with E-state index in [9.17, 15) is 13.6 Å². The summed E-state index contributed by atoms with van der Waals surface area (Å²) in [7, 11) is 0. The van der Waals surface area contributed by atoms with Crippen molar-refractivity contribution in [3.05, 3.63) is 23.9 Å². The molecule has 0 aromatic carbocycles. The molecule has 0 saturated carbocycles. The quantitative estimate of drug-likeness (QED) is 0.856. The fourth-order valence-electron chi connectivity index (χ4n) is 2.60. The first kappa shape index (κ1) is 15.5. The first-order valence-electron chi connectivity index (χ1n) is 7.41. The highest BCUT2D eigenvalue weighted by Crippen LogP contribution is 2.29. The number of carbonyl (C=O) groups is 1. The van der Waals surface area contributed by atoms with E-state index in [4.69, 9.17) is 4.74 Å². The SMILES string of the molecule is O=C(c1ccnc(O[C@@H]2CCSC2)c1)N1CCC(F)(F)CC1. The standard InChI is InChI=1S/C15H18F2N2O2S/c16-15(17)3-6-19(7-4-15)14(20)11-1-5-18-13(9-11)21-12-2-8-22-10-12/h1,5,9,12H,2-4,6-8,10H2/t12-/m1/s1. The van der Waals surface area contributed by atoms with Crippen molar-refractivity contribution in [1.29, 1.82) is 0 Å². The Bertz CT molecular complexity index is 540. The average molecular weight is 328 g/mol. The van der Waals surface area contributed by atoms with E-state index in [1.54, 1.807) is 12.1 Å². The van der Waals surface area contributed by atoms with Gasteiger partial charge in [0.05, 0.1) is 0 Å². The lowest BCUT2D eigenvalue weighted by Gasteiger charge is -2.31. The van der Waals surface area contributed by atoms with Gasteiger partial charge in [-0.25, -0.2) is 13.8 Å². The van der Waals surface area contributed by atoms with Gasteiger partial charge in [0.2, 0.25) is 5.88 Å². The summed E-state index contributed by atoms with van der Waals surface area (Å²) in [5.41, 5.74) is 0.445. The third-order valence-electron chi connectivity index (χ3n) is 3.94. The summed E-state index contributed by atoms with van der Waals surface area (Å²) in [5, 5.41) is 0. The van der Waals surface area contributed by atoms with Crippen LogP contribution in [0.4, 0.5) is 8.78 Å². The Morgan fingerprint density at radius 1 is 1.41 bits per heavy atom. The van der Waals surface area contributed by atoms with Crippen LogP contribution < -0.4 is 4.74 Å².